The van der Waals surface area contributed by atoms with E-state index in [1.54, 1.807) is 13.0 Å². The molecule has 0 saturated heterocycles. The normalized spacial score (nSPS) is 12.3. The molecule has 0 N–H and O–H groups in total. The van der Waals surface area contributed by atoms with Crippen LogP contribution in [-0.2, 0) is 4.74 Å². The van der Waals surface area contributed by atoms with Gasteiger partial charge in [-0.2, -0.15) is 0 Å². The number of fused-ring (bicyclic) bond motifs is 1. The lowest BCUT2D eigenvalue weighted by atomic mass is 10.1. The quantitative estimate of drug-likeness (QED) is 0.531. The summed E-state index contributed by atoms with van der Waals surface area (Å²) in [6, 6.07) is 14.9. The molecular weight excluding hydrogens is 339 g/mol. The van der Waals surface area contributed by atoms with Crippen LogP contribution in [0, 0.1) is 0 Å². The molecule has 0 amide bonds. The van der Waals surface area contributed by atoms with Gasteiger partial charge in [-0.3, -0.25) is 0 Å². The molecule has 0 aliphatic heterocycles. The molecule has 0 fully saturated rings. The van der Waals surface area contributed by atoms with Crippen LogP contribution in [0.15, 0.2) is 48.5 Å². The fourth-order valence-corrected chi connectivity index (χ4v) is 3.91. The van der Waals surface area contributed by atoms with Crippen LogP contribution in [-0.4, -0.2) is 5.97 Å². The van der Waals surface area contributed by atoms with Gasteiger partial charge in [-0.1, -0.05) is 59.6 Å². The van der Waals surface area contributed by atoms with Crippen LogP contribution in [0.25, 0.3) is 10.1 Å². The molecule has 112 valence electrons. The van der Waals surface area contributed by atoms with Crippen LogP contribution >= 0.6 is 34.5 Å². The summed E-state index contributed by atoms with van der Waals surface area (Å²) in [5, 5.41) is 1.88. The summed E-state index contributed by atoms with van der Waals surface area (Å²) in [5.41, 5.74) is 0.773. The van der Waals surface area contributed by atoms with E-state index in [2.05, 4.69) is 0 Å². The van der Waals surface area contributed by atoms with Crippen molar-refractivity contribution in [3.63, 3.8) is 0 Å². The van der Waals surface area contributed by atoms with Crippen LogP contribution < -0.4 is 0 Å². The van der Waals surface area contributed by atoms with Crippen molar-refractivity contribution < 1.29 is 9.53 Å². The smallest absolute Gasteiger partial charge is 0.350 e. The Bertz CT molecular complexity index is 842. The third-order valence-electron chi connectivity index (χ3n) is 3.35. The van der Waals surface area contributed by atoms with Crippen molar-refractivity contribution in [3.05, 3.63) is 69.0 Å². The zero-order valence-corrected chi connectivity index (χ0v) is 14.0. The summed E-state index contributed by atoms with van der Waals surface area (Å²) in [6.07, 6.45) is -0.442. The number of thiophene rings is 1. The molecule has 0 saturated carbocycles. The van der Waals surface area contributed by atoms with E-state index >= 15 is 0 Å². The zero-order chi connectivity index (χ0) is 15.7. The second kappa shape index (κ2) is 6.29. The maximum absolute atomic E-state index is 12.4. The number of benzene rings is 2. The van der Waals surface area contributed by atoms with E-state index in [1.165, 1.54) is 11.3 Å². The maximum Gasteiger partial charge on any atom is 0.350 e. The molecular formula is C17H12Cl2O2S. The minimum Gasteiger partial charge on any atom is -0.454 e. The van der Waals surface area contributed by atoms with Crippen molar-refractivity contribution in [1.82, 2.24) is 0 Å². The van der Waals surface area contributed by atoms with Gasteiger partial charge in [-0.15, -0.1) is 11.3 Å². The molecule has 0 aliphatic rings. The number of rotatable bonds is 3. The average Bonchev–Trinajstić information content (AvgIpc) is 2.85. The minimum absolute atomic E-state index is 0.418. The van der Waals surface area contributed by atoms with Crippen molar-refractivity contribution in [3.8, 4) is 0 Å². The van der Waals surface area contributed by atoms with Crippen LogP contribution in [0.3, 0.4) is 0 Å². The number of carbonyl (C=O) groups excluding carboxylic acids is 1. The average molecular weight is 351 g/mol. The Morgan fingerprint density at radius 3 is 2.50 bits per heavy atom. The Kier molecular flexibility index (Phi) is 4.39. The minimum atomic E-state index is -0.442. The van der Waals surface area contributed by atoms with Crippen LogP contribution in [0.5, 0.6) is 0 Å². The van der Waals surface area contributed by atoms with Crippen molar-refractivity contribution in [2.45, 2.75) is 13.0 Å². The molecule has 0 spiro atoms. The van der Waals surface area contributed by atoms with Gasteiger partial charge in [0.25, 0.3) is 0 Å². The summed E-state index contributed by atoms with van der Waals surface area (Å²) in [6.45, 7) is 1.79. The SMILES string of the molecule is C[C@@H](OC(=O)c1sc2ccccc2c1Cl)c1ccccc1Cl. The fraction of sp³-hybridized carbons (Fsp3) is 0.118. The Balaban J connectivity index is 1.87. The number of hydrogen-bond donors (Lipinski definition) is 0. The lowest BCUT2D eigenvalue weighted by molar-refractivity contribution is 0.0344. The zero-order valence-electron chi connectivity index (χ0n) is 11.7. The van der Waals surface area contributed by atoms with Crippen molar-refractivity contribution in [1.29, 1.82) is 0 Å². The molecule has 5 heteroatoms. The van der Waals surface area contributed by atoms with Gasteiger partial charge in [0.15, 0.2) is 0 Å². The standard InChI is InChI=1S/C17H12Cl2O2S/c1-10(11-6-2-4-8-13(11)18)21-17(20)16-15(19)12-7-3-5-9-14(12)22-16/h2-10H,1H3/t10-/m1/s1. The Labute approximate surface area is 142 Å². The molecule has 2 aromatic carbocycles. The van der Waals surface area contributed by atoms with E-state index in [4.69, 9.17) is 27.9 Å². The Morgan fingerprint density at radius 2 is 1.77 bits per heavy atom. The second-order valence-corrected chi connectivity index (χ2v) is 6.65. The van der Waals surface area contributed by atoms with Crippen LogP contribution in [0.4, 0.5) is 0 Å². The third-order valence-corrected chi connectivity index (χ3v) is 5.35. The van der Waals surface area contributed by atoms with Crippen molar-refractivity contribution >= 4 is 50.6 Å². The van der Waals surface area contributed by atoms with E-state index in [0.717, 1.165) is 15.6 Å². The van der Waals surface area contributed by atoms with Gasteiger partial charge in [0.1, 0.15) is 11.0 Å². The van der Waals surface area contributed by atoms with E-state index in [-0.39, 0.29) is 0 Å². The van der Waals surface area contributed by atoms with E-state index < -0.39 is 12.1 Å². The first kappa shape index (κ1) is 15.3. The molecule has 0 aliphatic carbocycles. The van der Waals surface area contributed by atoms with Gasteiger partial charge in [0.05, 0.1) is 5.02 Å². The van der Waals surface area contributed by atoms with E-state index in [1.807, 2.05) is 42.5 Å². The van der Waals surface area contributed by atoms with Gasteiger partial charge in [-0.05, 0) is 19.1 Å². The van der Waals surface area contributed by atoms with E-state index in [0.29, 0.717) is 14.9 Å². The molecule has 3 aromatic rings. The highest BCUT2D eigenvalue weighted by molar-refractivity contribution is 7.21. The highest BCUT2D eigenvalue weighted by Gasteiger charge is 2.21. The fourth-order valence-electron chi connectivity index (χ4n) is 2.23. The van der Waals surface area contributed by atoms with Gasteiger partial charge in [-0.25, -0.2) is 4.79 Å². The van der Waals surface area contributed by atoms with Gasteiger partial charge in [0, 0.05) is 20.7 Å². The number of hydrogen-bond acceptors (Lipinski definition) is 3. The Morgan fingerprint density at radius 1 is 1.09 bits per heavy atom. The largest absolute Gasteiger partial charge is 0.454 e. The Hall–Kier alpha value is -1.55. The number of esters is 1. The molecule has 1 heterocycles. The molecule has 0 unspecified atom stereocenters. The van der Waals surface area contributed by atoms with E-state index in [9.17, 15) is 4.79 Å². The number of carbonyl (C=O) groups is 1. The van der Waals surface area contributed by atoms with Gasteiger partial charge >= 0.3 is 5.97 Å². The summed E-state index contributed by atoms with van der Waals surface area (Å²) in [4.78, 5) is 12.8. The molecule has 3 rings (SSSR count). The lowest BCUT2D eigenvalue weighted by Gasteiger charge is -2.14. The molecule has 0 radical (unpaired) electrons. The first-order valence-electron chi connectivity index (χ1n) is 6.70. The topological polar surface area (TPSA) is 26.3 Å². The highest BCUT2D eigenvalue weighted by Crippen LogP contribution is 2.36. The molecule has 1 atom stereocenters. The lowest BCUT2D eigenvalue weighted by Crippen LogP contribution is -2.08. The highest BCUT2D eigenvalue weighted by atomic mass is 35.5. The van der Waals surface area contributed by atoms with Crippen molar-refractivity contribution in [2.24, 2.45) is 0 Å². The number of ether oxygens (including phenoxy) is 1. The number of halogens is 2. The molecule has 2 nitrogen and oxygen atoms in total. The molecule has 22 heavy (non-hydrogen) atoms. The summed E-state index contributed by atoms with van der Waals surface area (Å²) >= 11 is 13.8. The molecule has 0 bridgehead atoms. The summed E-state index contributed by atoms with van der Waals surface area (Å²) in [7, 11) is 0. The third kappa shape index (κ3) is 2.84. The molecule has 1 aromatic heterocycles. The van der Waals surface area contributed by atoms with Crippen LogP contribution in [0.1, 0.15) is 28.3 Å². The summed E-state index contributed by atoms with van der Waals surface area (Å²) in [5.74, 6) is -0.432. The predicted octanol–water partition coefficient (Wildman–Crippen LogP) is 6.13. The first-order valence-corrected chi connectivity index (χ1v) is 8.27. The van der Waals surface area contributed by atoms with Crippen molar-refractivity contribution in [2.75, 3.05) is 0 Å². The monoisotopic (exact) mass is 350 g/mol. The maximum atomic E-state index is 12.4. The summed E-state index contributed by atoms with van der Waals surface area (Å²) < 4.78 is 6.48. The van der Waals surface area contributed by atoms with Crippen LogP contribution in [0.2, 0.25) is 10.0 Å². The predicted molar refractivity (Wildman–Crippen MR) is 92.1 cm³/mol. The first-order chi connectivity index (χ1) is 10.6. The van der Waals surface area contributed by atoms with Gasteiger partial charge < -0.3 is 4.74 Å². The van der Waals surface area contributed by atoms with Gasteiger partial charge in [0.2, 0.25) is 0 Å². The second-order valence-electron chi connectivity index (χ2n) is 4.81.